The van der Waals surface area contributed by atoms with Gasteiger partial charge < -0.3 is 10.1 Å². The van der Waals surface area contributed by atoms with Crippen molar-refractivity contribution in [1.82, 2.24) is 5.32 Å². The molecule has 3 nitrogen and oxygen atoms in total. The number of carbonyl (C=O) groups is 1. The molecule has 0 aromatic heterocycles. The number of ether oxygens (including phenoxy) is 1. The monoisotopic (exact) mass is 347 g/mol. The smallest absolute Gasteiger partial charge is 0.381 e. The Labute approximate surface area is 137 Å². The molecule has 2 aliphatic rings. The van der Waals surface area contributed by atoms with Crippen molar-refractivity contribution in [2.45, 2.75) is 37.4 Å². The van der Waals surface area contributed by atoms with Gasteiger partial charge >= 0.3 is 6.18 Å². The van der Waals surface area contributed by atoms with Gasteiger partial charge in [-0.3, -0.25) is 4.79 Å². The van der Waals surface area contributed by atoms with Crippen molar-refractivity contribution >= 4 is 17.5 Å². The molecule has 7 heteroatoms. The van der Waals surface area contributed by atoms with Crippen molar-refractivity contribution in [3.05, 3.63) is 34.3 Å². The zero-order valence-corrected chi connectivity index (χ0v) is 13.1. The number of hydrogen-bond acceptors (Lipinski definition) is 2. The Morgan fingerprint density at radius 3 is 2.48 bits per heavy atom. The molecule has 23 heavy (non-hydrogen) atoms. The first kappa shape index (κ1) is 16.6. The molecule has 2 fully saturated rings. The predicted octanol–water partition coefficient (Wildman–Crippen LogP) is 3.89. The molecule has 1 aliphatic heterocycles. The van der Waals surface area contributed by atoms with Gasteiger partial charge in [0.25, 0.3) is 0 Å². The highest BCUT2D eigenvalue weighted by molar-refractivity contribution is 6.32. The molecule has 1 amide bonds. The molecule has 126 valence electrons. The summed E-state index contributed by atoms with van der Waals surface area (Å²) in [7, 11) is 0. The normalized spacial score (nSPS) is 21.0. The van der Waals surface area contributed by atoms with Crippen molar-refractivity contribution < 1.29 is 22.7 Å². The molecule has 1 saturated heterocycles. The van der Waals surface area contributed by atoms with Gasteiger partial charge in [0.05, 0.1) is 16.1 Å². The minimum atomic E-state index is -4.51. The second-order valence-corrected chi connectivity index (χ2v) is 6.50. The molecule has 0 unspecified atom stereocenters. The van der Waals surface area contributed by atoms with Gasteiger partial charge in [-0.05, 0) is 37.3 Å². The average molecular weight is 348 g/mol. The van der Waals surface area contributed by atoms with E-state index in [1.807, 2.05) is 0 Å². The van der Waals surface area contributed by atoms with Crippen LogP contribution in [0.4, 0.5) is 13.2 Å². The minimum Gasteiger partial charge on any atom is -0.381 e. The quantitative estimate of drug-likeness (QED) is 0.900. The minimum absolute atomic E-state index is 0.126. The van der Waals surface area contributed by atoms with Crippen LogP contribution in [0.15, 0.2) is 18.2 Å². The number of benzene rings is 1. The van der Waals surface area contributed by atoms with Crippen molar-refractivity contribution in [2.24, 2.45) is 5.92 Å². The van der Waals surface area contributed by atoms with Crippen molar-refractivity contribution in [3.63, 3.8) is 0 Å². The van der Waals surface area contributed by atoms with E-state index >= 15 is 0 Å². The molecule has 1 aromatic rings. The van der Waals surface area contributed by atoms with Crippen molar-refractivity contribution in [1.29, 1.82) is 0 Å². The number of rotatable bonds is 3. The molecule has 0 atom stereocenters. The summed E-state index contributed by atoms with van der Waals surface area (Å²) in [6.07, 6.45) is -2.03. The number of hydrogen-bond donors (Lipinski definition) is 1. The zero-order valence-electron chi connectivity index (χ0n) is 12.4. The molecule has 1 heterocycles. The lowest BCUT2D eigenvalue weighted by Gasteiger charge is -2.26. The van der Waals surface area contributed by atoms with Gasteiger partial charge in [0.1, 0.15) is 0 Å². The molecule has 1 N–H and O–H groups in total. The van der Waals surface area contributed by atoms with Gasteiger partial charge in [-0.25, -0.2) is 0 Å². The zero-order chi connectivity index (χ0) is 16.7. The summed E-state index contributed by atoms with van der Waals surface area (Å²) in [6.45, 7) is 1.07. The maximum atomic E-state index is 13.0. The predicted molar refractivity (Wildman–Crippen MR) is 79.1 cm³/mol. The van der Waals surface area contributed by atoms with Gasteiger partial charge in [0.15, 0.2) is 0 Å². The fraction of sp³-hybridized carbons (Fsp3) is 0.562. The van der Waals surface area contributed by atoms with Crippen molar-refractivity contribution in [2.75, 3.05) is 13.2 Å². The Morgan fingerprint density at radius 2 is 1.91 bits per heavy atom. The van der Waals surface area contributed by atoms with E-state index in [4.69, 9.17) is 16.3 Å². The Hall–Kier alpha value is -1.27. The highest BCUT2D eigenvalue weighted by atomic mass is 35.5. The third-order valence-electron chi connectivity index (χ3n) is 4.52. The molecule has 1 saturated carbocycles. The van der Waals surface area contributed by atoms with Gasteiger partial charge in [0.2, 0.25) is 5.91 Å². The lowest BCUT2D eigenvalue weighted by Crippen LogP contribution is -2.41. The fourth-order valence-electron chi connectivity index (χ4n) is 3.00. The summed E-state index contributed by atoms with van der Waals surface area (Å²) < 4.78 is 44.2. The second-order valence-electron chi connectivity index (χ2n) is 6.12. The van der Waals surface area contributed by atoms with Crippen LogP contribution in [0.5, 0.6) is 0 Å². The van der Waals surface area contributed by atoms with Gasteiger partial charge in [0, 0.05) is 19.1 Å². The number of amides is 1. The molecular weight excluding hydrogens is 331 g/mol. The highest BCUT2D eigenvalue weighted by Gasteiger charge is 2.49. The first-order valence-electron chi connectivity index (χ1n) is 7.59. The number of halogens is 4. The van der Waals surface area contributed by atoms with Crippen LogP contribution in [0.2, 0.25) is 5.02 Å². The van der Waals surface area contributed by atoms with E-state index in [1.165, 1.54) is 6.07 Å². The first-order chi connectivity index (χ1) is 10.8. The lowest BCUT2D eigenvalue weighted by atomic mass is 9.96. The van der Waals surface area contributed by atoms with Gasteiger partial charge in [-0.15, -0.1) is 0 Å². The molecule has 3 rings (SSSR count). The Bertz CT molecular complexity index is 608. The molecule has 1 aliphatic carbocycles. The number of alkyl halides is 3. The van der Waals surface area contributed by atoms with E-state index in [2.05, 4.69) is 5.32 Å². The summed E-state index contributed by atoms with van der Waals surface area (Å²) in [5.41, 5.74) is -1.26. The summed E-state index contributed by atoms with van der Waals surface area (Å²) in [5.74, 6) is -0.273. The standard InChI is InChI=1S/C16H17ClF3NO2/c17-13-11(2-1-3-12(13)16(18,19)20)15(6-7-15)21-14(22)10-4-8-23-9-5-10/h1-3,10H,4-9H2,(H,21,22). The Morgan fingerprint density at radius 1 is 1.26 bits per heavy atom. The van der Waals surface area contributed by atoms with Crippen LogP contribution in [-0.4, -0.2) is 19.1 Å². The Kier molecular flexibility index (Phi) is 4.31. The highest BCUT2D eigenvalue weighted by Crippen LogP contribution is 2.50. The SMILES string of the molecule is O=C(NC1(c2cccc(C(F)(F)F)c2Cl)CC1)C1CCOCC1. The lowest BCUT2D eigenvalue weighted by molar-refractivity contribution is -0.137. The number of nitrogens with one attached hydrogen (secondary N) is 1. The molecule has 0 radical (unpaired) electrons. The third kappa shape index (κ3) is 3.33. The largest absolute Gasteiger partial charge is 0.417 e. The summed E-state index contributed by atoms with van der Waals surface area (Å²) in [4.78, 5) is 12.4. The van der Waals surface area contributed by atoms with Crippen LogP contribution in [0.25, 0.3) is 0 Å². The summed E-state index contributed by atoms with van der Waals surface area (Å²) in [5, 5.41) is 2.61. The third-order valence-corrected chi connectivity index (χ3v) is 4.93. The van der Waals surface area contributed by atoms with Crippen LogP contribution in [-0.2, 0) is 21.2 Å². The topological polar surface area (TPSA) is 38.3 Å². The van der Waals surface area contributed by atoms with Crippen LogP contribution in [0.1, 0.15) is 36.8 Å². The summed E-state index contributed by atoms with van der Waals surface area (Å²) in [6, 6.07) is 3.86. The van der Waals surface area contributed by atoms with E-state index in [9.17, 15) is 18.0 Å². The maximum Gasteiger partial charge on any atom is 0.417 e. The molecular formula is C16H17ClF3NO2. The summed E-state index contributed by atoms with van der Waals surface area (Å²) >= 11 is 6.00. The maximum absolute atomic E-state index is 13.0. The van der Waals surface area contributed by atoms with Crippen LogP contribution < -0.4 is 5.32 Å². The van der Waals surface area contributed by atoms with E-state index in [0.29, 0.717) is 44.5 Å². The van der Waals surface area contributed by atoms with Crippen molar-refractivity contribution in [3.8, 4) is 0 Å². The van der Waals surface area contributed by atoms with Crippen LogP contribution in [0.3, 0.4) is 0 Å². The average Bonchev–Trinajstić information content (AvgIpc) is 3.27. The van der Waals surface area contributed by atoms with E-state index in [0.717, 1.165) is 6.07 Å². The Balaban J connectivity index is 1.82. The fourth-order valence-corrected chi connectivity index (χ4v) is 3.42. The molecule has 0 bridgehead atoms. The van der Waals surface area contributed by atoms with Gasteiger partial charge in [-0.2, -0.15) is 13.2 Å². The number of carbonyl (C=O) groups excluding carboxylic acids is 1. The van der Waals surface area contributed by atoms with E-state index in [-0.39, 0.29) is 16.8 Å². The van der Waals surface area contributed by atoms with Gasteiger partial charge in [-0.1, -0.05) is 23.7 Å². The van der Waals surface area contributed by atoms with E-state index in [1.54, 1.807) is 6.07 Å². The van der Waals surface area contributed by atoms with E-state index < -0.39 is 17.3 Å². The van der Waals surface area contributed by atoms with Crippen LogP contribution in [0, 0.1) is 5.92 Å². The molecule has 1 aromatic carbocycles. The first-order valence-corrected chi connectivity index (χ1v) is 7.97. The second kappa shape index (κ2) is 5.98. The van der Waals surface area contributed by atoms with Crippen LogP contribution >= 0.6 is 11.6 Å². The molecule has 0 spiro atoms.